The van der Waals surface area contributed by atoms with Crippen LogP contribution in [0.4, 0.5) is 8.78 Å². The summed E-state index contributed by atoms with van der Waals surface area (Å²) in [7, 11) is 0. The zero-order chi connectivity index (χ0) is 19.5. The maximum Gasteiger partial charge on any atom is 0.166 e. The second-order valence-electron chi connectivity index (χ2n) is 8.24. The molecule has 3 aromatic carbocycles. The third-order valence-electron chi connectivity index (χ3n) is 6.40. The summed E-state index contributed by atoms with van der Waals surface area (Å²) in [5.74, 6) is -0.363. The van der Waals surface area contributed by atoms with Gasteiger partial charge in [-0.2, -0.15) is 0 Å². The predicted octanol–water partition coefficient (Wildman–Crippen LogP) is 7.90. The molecule has 0 N–H and O–H groups in total. The second kappa shape index (κ2) is 8.43. The number of aryl methyl sites for hydroxylation is 1. The summed E-state index contributed by atoms with van der Waals surface area (Å²) in [5, 5.41) is 1.17. The number of fused-ring (bicyclic) bond motifs is 1. The number of benzene rings is 3. The van der Waals surface area contributed by atoms with Crippen LogP contribution in [-0.2, 0) is 6.42 Å². The third kappa shape index (κ3) is 3.97. The molecule has 0 heterocycles. The Morgan fingerprint density at radius 2 is 1.43 bits per heavy atom. The molecule has 0 saturated heterocycles. The minimum absolute atomic E-state index is 0.376. The maximum absolute atomic E-state index is 13.9. The van der Waals surface area contributed by atoms with Crippen molar-refractivity contribution in [1.29, 1.82) is 0 Å². The van der Waals surface area contributed by atoms with E-state index in [4.69, 9.17) is 0 Å². The molecule has 2 heteroatoms. The Labute approximate surface area is 166 Å². The van der Waals surface area contributed by atoms with Crippen molar-refractivity contribution >= 4 is 10.8 Å². The SMILES string of the molecule is CCCCc1ccc(C2CCC(c3ccc4c(F)c(F)ccc4c3)CC2)cc1. The van der Waals surface area contributed by atoms with Crippen LogP contribution in [0.5, 0.6) is 0 Å². The summed E-state index contributed by atoms with van der Waals surface area (Å²) >= 11 is 0. The van der Waals surface area contributed by atoms with Gasteiger partial charge in [0, 0.05) is 5.39 Å². The van der Waals surface area contributed by atoms with Gasteiger partial charge in [0.15, 0.2) is 11.6 Å². The fourth-order valence-corrected chi connectivity index (χ4v) is 4.64. The number of unbranched alkanes of at least 4 members (excludes halogenated alkanes) is 1. The molecule has 1 aliphatic rings. The summed E-state index contributed by atoms with van der Waals surface area (Å²) in [6, 6.07) is 17.9. The molecule has 0 nitrogen and oxygen atoms in total. The normalized spacial score (nSPS) is 19.8. The molecule has 1 saturated carbocycles. The van der Waals surface area contributed by atoms with Crippen LogP contribution in [-0.4, -0.2) is 0 Å². The van der Waals surface area contributed by atoms with Crippen LogP contribution in [0, 0.1) is 11.6 Å². The van der Waals surface area contributed by atoms with E-state index < -0.39 is 11.6 Å². The van der Waals surface area contributed by atoms with Crippen molar-refractivity contribution in [2.45, 2.75) is 63.7 Å². The molecule has 4 rings (SSSR count). The molecular formula is C26H28F2. The van der Waals surface area contributed by atoms with Crippen LogP contribution < -0.4 is 0 Å². The average molecular weight is 379 g/mol. The van der Waals surface area contributed by atoms with E-state index in [2.05, 4.69) is 31.2 Å². The number of hydrogen-bond donors (Lipinski definition) is 0. The van der Waals surface area contributed by atoms with Gasteiger partial charge in [-0.15, -0.1) is 0 Å². The zero-order valence-corrected chi connectivity index (χ0v) is 16.6. The average Bonchev–Trinajstić information content (AvgIpc) is 2.75. The van der Waals surface area contributed by atoms with Crippen molar-refractivity contribution in [3.8, 4) is 0 Å². The summed E-state index contributed by atoms with van der Waals surface area (Å²) in [5.41, 5.74) is 4.17. The molecule has 3 aromatic rings. The van der Waals surface area contributed by atoms with Crippen molar-refractivity contribution in [3.05, 3.63) is 82.9 Å². The maximum atomic E-state index is 13.9. The Morgan fingerprint density at radius 1 is 0.786 bits per heavy atom. The van der Waals surface area contributed by atoms with Crippen molar-refractivity contribution in [3.63, 3.8) is 0 Å². The lowest BCUT2D eigenvalue weighted by atomic mass is 9.76. The first-order valence-electron chi connectivity index (χ1n) is 10.6. The lowest BCUT2D eigenvalue weighted by molar-refractivity contribution is 0.396. The van der Waals surface area contributed by atoms with E-state index in [0.717, 1.165) is 18.2 Å². The quantitative estimate of drug-likeness (QED) is 0.423. The van der Waals surface area contributed by atoms with Gasteiger partial charge in [0.05, 0.1) is 0 Å². The van der Waals surface area contributed by atoms with Crippen LogP contribution in [0.1, 0.15) is 74.0 Å². The van der Waals surface area contributed by atoms with Gasteiger partial charge in [0.25, 0.3) is 0 Å². The minimum atomic E-state index is -0.776. The Balaban J connectivity index is 1.42. The van der Waals surface area contributed by atoms with Crippen molar-refractivity contribution in [2.75, 3.05) is 0 Å². The van der Waals surface area contributed by atoms with Gasteiger partial charge in [-0.1, -0.05) is 61.9 Å². The summed E-state index contributed by atoms with van der Waals surface area (Å²) < 4.78 is 27.4. The minimum Gasteiger partial charge on any atom is -0.204 e. The molecule has 0 amide bonds. The Kier molecular flexibility index (Phi) is 5.75. The summed E-state index contributed by atoms with van der Waals surface area (Å²) in [6.45, 7) is 2.23. The predicted molar refractivity (Wildman–Crippen MR) is 113 cm³/mol. The highest BCUT2D eigenvalue weighted by atomic mass is 19.2. The summed E-state index contributed by atoms with van der Waals surface area (Å²) in [6.07, 6.45) is 8.35. The largest absolute Gasteiger partial charge is 0.204 e. The molecule has 1 aliphatic carbocycles. The second-order valence-corrected chi connectivity index (χ2v) is 8.24. The van der Waals surface area contributed by atoms with Crippen LogP contribution in [0.2, 0.25) is 0 Å². The van der Waals surface area contributed by atoms with Gasteiger partial charge in [-0.05, 0) is 78.5 Å². The molecule has 0 unspecified atom stereocenters. The molecule has 1 fully saturated rings. The Hall–Kier alpha value is -2.22. The van der Waals surface area contributed by atoms with E-state index >= 15 is 0 Å². The lowest BCUT2D eigenvalue weighted by Gasteiger charge is -2.29. The van der Waals surface area contributed by atoms with Gasteiger partial charge >= 0.3 is 0 Å². The van der Waals surface area contributed by atoms with E-state index in [-0.39, 0.29) is 0 Å². The number of halogens is 2. The molecule has 0 aromatic heterocycles. The van der Waals surface area contributed by atoms with Crippen molar-refractivity contribution in [1.82, 2.24) is 0 Å². The molecular weight excluding hydrogens is 350 g/mol. The molecule has 28 heavy (non-hydrogen) atoms. The smallest absolute Gasteiger partial charge is 0.166 e. The lowest BCUT2D eigenvalue weighted by Crippen LogP contribution is -2.12. The fraction of sp³-hybridized carbons (Fsp3) is 0.385. The monoisotopic (exact) mass is 378 g/mol. The molecule has 0 bridgehead atoms. The first-order valence-corrected chi connectivity index (χ1v) is 10.6. The van der Waals surface area contributed by atoms with Crippen LogP contribution >= 0.6 is 0 Å². The van der Waals surface area contributed by atoms with Gasteiger partial charge < -0.3 is 0 Å². The Morgan fingerprint density at radius 3 is 2.11 bits per heavy atom. The van der Waals surface area contributed by atoms with E-state index in [1.807, 2.05) is 12.1 Å². The first-order chi connectivity index (χ1) is 13.7. The van der Waals surface area contributed by atoms with Gasteiger partial charge in [-0.25, -0.2) is 8.78 Å². The van der Waals surface area contributed by atoms with E-state index in [1.54, 1.807) is 12.1 Å². The Bertz CT molecular complexity index is 935. The van der Waals surface area contributed by atoms with Gasteiger partial charge in [0.2, 0.25) is 0 Å². The molecule has 146 valence electrons. The first kappa shape index (κ1) is 19.1. The van der Waals surface area contributed by atoms with Crippen molar-refractivity contribution < 1.29 is 8.78 Å². The van der Waals surface area contributed by atoms with E-state index in [0.29, 0.717) is 17.2 Å². The molecule has 0 spiro atoms. The van der Waals surface area contributed by atoms with Crippen LogP contribution in [0.3, 0.4) is 0 Å². The highest BCUT2D eigenvalue weighted by Crippen LogP contribution is 2.41. The standard InChI is InChI=1S/C26H28F2/c1-2-3-4-18-5-7-19(8-6-18)20-9-11-21(12-10-20)22-13-15-24-23(17-22)14-16-25(27)26(24)28/h5-8,13-17,20-21H,2-4,9-12H2,1H3. The third-order valence-corrected chi connectivity index (χ3v) is 6.40. The fourth-order valence-electron chi connectivity index (χ4n) is 4.64. The van der Waals surface area contributed by atoms with Gasteiger partial charge in [-0.3, -0.25) is 0 Å². The molecule has 0 radical (unpaired) electrons. The van der Waals surface area contributed by atoms with E-state index in [9.17, 15) is 8.78 Å². The topological polar surface area (TPSA) is 0 Å². The number of rotatable bonds is 5. The van der Waals surface area contributed by atoms with Crippen LogP contribution in [0.25, 0.3) is 10.8 Å². The molecule has 0 atom stereocenters. The van der Waals surface area contributed by atoms with E-state index in [1.165, 1.54) is 54.9 Å². The zero-order valence-electron chi connectivity index (χ0n) is 16.6. The molecule has 0 aliphatic heterocycles. The van der Waals surface area contributed by atoms with Gasteiger partial charge in [0.1, 0.15) is 0 Å². The number of hydrogen-bond acceptors (Lipinski definition) is 0. The summed E-state index contributed by atoms with van der Waals surface area (Å²) in [4.78, 5) is 0. The highest BCUT2D eigenvalue weighted by Gasteiger charge is 2.24. The van der Waals surface area contributed by atoms with Crippen LogP contribution in [0.15, 0.2) is 54.6 Å². The highest BCUT2D eigenvalue weighted by molar-refractivity contribution is 5.84. The van der Waals surface area contributed by atoms with Crippen molar-refractivity contribution in [2.24, 2.45) is 0 Å².